The molecular weight excluding hydrogens is 346 g/mol. The van der Waals surface area contributed by atoms with Crippen LogP contribution < -0.4 is 10.1 Å². The molecule has 3 N–H and O–H groups in total. The van der Waals surface area contributed by atoms with Crippen molar-refractivity contribution in [3.63, 3.8) is 0 Å². The van der Waals surface area contributed by atoms with Crippen molar-refractivity contribution in [2.24, 2.45) is 0 Å². The average molecular weight is 367 g/mol. The molecule has 0 aliphatic carbocycles. The van der Waals surface area contributed by atoms with Crippen LogP contribution in [0.1, 0.15) is 19.4 Å². The second kappa shape index (κ2) is 6.84. The van der Waals surface area contributed by atoms with E-state index in [1.165, 1.54) is 0 Å². The molecular formula is C18H21N7O2. The van der Waals surface area contributed by atoms with Crippen molar-refractivity contribution in [1.82, 2.24) is 29.8 Å². The van der Waals surface area contributed by atoms with Crippen molar-refractivity contribution in [2.75, 3.05) is 18.5 Å². The zero-order valence-corrected chi connectivity index (χ0v) is 15.4. The van der Waals surface area contributed by atoms with Crippen LogP contribution in [0.3, 0.4) is 0 Å². The Balaban J connectivity index is 1.84. The molecule has 4 rings (SSSR count). The highest BCUT2D eigenvalue weighted by Crippen LogP contribution is 2.31. The summed E-state index contributed by atoms with van der Waals surface area (Å²) in [5.41, 5.74) is 3.91. The minimum atomic E-state index is -0.145. The van der Waals surface area contributed by atoms with Gasteiger partial charge in [0.2, 0.25) is 5.95 Å². The van der Waals surface area contributed by atoms with Crippen molar-refractivity contribution < 1.29 is 9.84 Å². The largest absolute Gasteiger partial charge is 0.492 e. The minimum absolute atomic E-state index is 0.00453. The molecule has 4 heterocycles. The van der Waals surface area contributed by atoms with Crippen LogP contribution in [0, 0.1) is 6.92 Å². The number of aliphatic hydroxyl groups excluding tert-OH is 1. The number of anilines is 1. The van der Waals surface area contributed by atoms with Crippen molar-refractivity contribution in [2.45, 2.75) is 26.8 Å². The zero-order chi connectivity index (χ0) is 19.0. The van der Waals surface area contributed by atoms with E-state index < -0.39 is 0 Å². The number of H-pyrrole nitrogens is 1. The second-order valence-corrected chi connectivity index (χ2v) is 6.38. The molecule has 0 saturated carbocycles. The first-order valence-corrected chi connectivity index (χ1v) is 8.81. The quantitative estimate of drug-likeness (QED) is 0.478. The molecule has 9 nitrogen and oxygen atoms in total. The lowest BCUT2D eigenvalue weighted by Gasteiger charge is -2.12. The molecule has 0 aromatic carbocycles. The maximum atomic E-state index is 9.24. The number of rotatable bonds is 6. The Morgan fingerprint density at radius 3 is 2.96 bits per heavy atom. The van der Waals surface area contributed by atoms with Gasteiger partial charge >= 0.3 is 0 Å². The zero-order valence-electron chi connectivity index (χ0n) is 15.4. The third-order valence-corrected chi connectivity index (χ3v) is 4.27. The van der Waals surface area contributed by atoms with Gasteiger partial charge in [0.15, 0.2) is 5.65 Å². The lowest BCUT2D eigenvalue weighted by Crippen LogP contribution is -2.21. The Hall–Kier alpha value is -3.20. The number of pyridine rings is 1. The van der Waals surface area contributed by atoms with Gasteiger partial charge in [0.05, 0.1) is 36.0 Å². The number of ether oxygens (including phenoxy) is 1. The van der Waals surface area contributed by atoms with Gasteiger partial charge in [0, 0.05) is 12.2 Å². The van der Waals surface area contributed by atoms with Crippen LogP contribution in [0.25, 0.3) is 27.9 Å². The summed E-state index contributed by atoms with van der Waals surface area (Å²) >= 11 is 0. The first-order chi connectivity index (χ1) is 13.1. The molecule has 0 unspecified atom stereocenters. The van der Waals surface area contributed by atoms with E-state index in [0.717, 1.165) is 22.2 Å². The summed E-state index contributed by atoms with van der Waals surface area (Å²) in [6, 6.07) is 3.73. The molecule has 0 aliphatic heterocycles. The molecule has 4 aromatic heterocycles. The van der Waals surface area contributed by atoms with E-state index in [0.29, 0.717) is 29.6 Å². The van der Waals surface area contributed by atoms with Crippen LogP contribution in [0.2, 0.25) is 0 Å². The highest BCUT2D eigenvalue weighted by Gasteiger charge is 2.19. The van der Waals surface area contributed by atoms with E-state index in [4.69, 9.17) is 4.74 Å². The fraction of sp³-hybridized carbons (Fsp3) is 0.333. The molecule has 140 valence electrons. The molecule has 0 fully saturated rings. The summed E-state index contributed by atoms with van der Waals surface area (Å²) in [5, 5.41) is 25.2. The van der Waals surface area contributed by atoms with E-state index in [-0.39, 0.29) is 12.6 Å². The van der Waals surface area contributed by atoms with E-state index in [9.17, 15) is 5.11 Å². The van der Waals surface area contributed by atoms with Crippen LogP contribution in [-0.2, 0) is 0 Å². The Morgan fingerprint density at radius 2 is 2.19 bits per heavy atom. The van der Waals surface area contributed by atoms with Gasteiger partial charge in [-0.25, -0.2) is 14.5 Å². The van der Waals surface area contributed by atoms with Crippen LogP contribution in [-0.4, -0.2) is 54.1 Å². The van der Waals surface area contributed by atoms with E-state index in [1.807, 2.05) is 39.1 Å². The van der Waals surface area contributed by atoms with Crippen LogP contribution in [0.4, 0.5) is 5.95 Å². The number of aliphatic hydroxyl groups is 1. The smallest absolute Gasteiger partial charge is 0.223 e. The molecule has 4 aromatic rings. The van der Waals surface area contributed by atoms with Crippen molar-refractivity contribution in [3.05, 3.63) is 30.1 Å². The number of fused-ring (bicyclic) bond motifs is 3. The Morgan fingerprint density at radius 1 is 1.33 bits per heavy atom. The minimum Gasteiger partial charge on any atom is -0.492 e. The predicted molar refractivity (Wildman–Crippen MR) is 102 cm³/mol. The average Bonchev–Trinajstić information content (AvgIpc) is 3.22. The van der Waals surface area contributed by atoms with Gasteiger partial charge in [-0.2, -0.15) is 5.10 Å². The number of aromatic amines is 1. The topological polar surface area (TPSA) is 113 Å². The maximum absolute atomic E-state index is 9.24. The third-order valence-electron chi connectivity index (χ3n) is 4.27. The maximum Gasteiger partial charge on any atom is 0.223 e. The van der Waals surface area contributed by atoms with Gasteiger partial charge in [-0.3, -0.25) is 5.10 Å². The fourth-order valence-electron chi connectivity index (χ4n) is 2.95. The number of aryl methyl sites for hydroxylation is 1. The highest BCUT2D eigenvalue weighted by atomic mass is 16.5. The van der Waals surface area contributed by atoms with Gasteiger partial charge < -0.3 is 15.2 Å². The number of hydrogen-bond acceptors (Lipinski definition) is 7. The summed E-state index contributed by atoms with van der Waals surface area (Å²) in [5.74, 6) is 1.20. The Kier molecular flexibility index (Phi) is 4.36. The summed E-state index contributed by atoms with van der Waals surface area (Å²) in [6.07, 6.45) is 3.59. The Bertz CT molecular complexity index is 1100. The first kappa shape index (κ1) is 17.2. The van der Waals surface area contributed by atoms with Gasteiger partial charge in [-0.05, 0) is 38.5 Å². The summed E-state index contributed by atoms with van der Waals surface area (Å²) < 4.78 is 7.33. The molecule has 0 aliphatic rings. The van der Waals surface area contributed by atoms with E-state index in [1.54, 1.807) is 10.7 Å². The van der Waals surface area contributed by atoms with Gasteiger partial charge in [-0.1, -0.05) is 0 Å². The number of nitrogens with one attached hydrogen (secondary N) is 2. The van der Waals surface area contributed by atoms with E-state index >= 15 is 0 Å². The van der Waals surface area contributed by atoms with Crippen molar-refractivity contribution in [3.8, 4) is 17.1 Å². The standard InChI is InChI=1S/C18H21N7O2/c1-4-27-12-5-6-13-14-16(22-23-17(14)24-25(13)8-12)15-10(2)7-19-18(21-15)20-11(3)9-26/h5-8,11,26H,4,9H2,1-3H3,(H,23,24)(H,19,20,21)/t11-/m0/s1. The fourth-order valence-corrected chi connectivity index (χ4v) is 2.95. The normalized spacial score (nSPS) is 12.6. The molecule has 0 bridgehead atoms. The first-order valence-electron chi connectivity index (χ1n) is 8.81. The monoisotopic (exact) mass is 367 g/mol. The summed E-state index contributed by atoms with van der Waals surface area (Å²) in [6.45, 7) is 6.33. The molecule has 0 amide bonds. The molecule has 0 saturated heterocycles. The molecule has 27 heavy (non-hydrogen) atoms. The summed E-state index contributed by atoms with van der Waals surface area (Å²) in [7, 11) is 0. The molecule has 0 radical (unpaired) electrons. The molecule has 0 spiro atoms. The Labute approximate surface area is 155 Å². The van der Waals surface area contributed by atoms with Gasteiger partial charge in [-0.15, -0.1) is 5.10 Å². The number of aromatic nitrogens is 6. The highest BCUT2D eigenvalue weighted by molar-refractivity contribution is 6.02. The SMILES string of the molecule is CCOc1ccc2c3c(-c4nc(N[C@@H](C)CO)ncc4C)n[nH]c3nn2c1. The van der Waals surface area contributed by atoms with Crippen LogP contribution in [0.15, 0.2) is 24.5 Å². The number of nitrogens with zero attached hydrogens (tertiary/aromatic N) is 5. The van der Waals surface area contributed by atoms with Gasteiger partial charge in [0.1, 0.15) is 11.4 Å². The van der Waals surface area contributed by atoms with Crippen LogP contribution >= 0.6 is 0 Å². The van der Waals surface area contributed by atoms with Crippen molar-refractivity contribution in [1.29, 1.82) is 0 Å². The van der Waals surface area contributed by atoms with Gasteiger partial charge in [0.25, 0.3) is 0 Å². The van der Waals surface area contributed by atoms with Crippen LogP contribution in [0.5, 0.6) is 5.75 Å². The van der Waals surface area contributed by atoms with E-state index in [2.05, 4.69) is 30.6 Å². The molecule has 1 atom stereocenters. The lowest BCUT2D eigenvalue weighted by molar-refractivity contribution is 0.281. The second-order valence-electron chi connectivity index (χ2n) is 6.38. The predicted octanol–water partition coefficient (Wildman–Crippen LogP) is 2.17. The number of hydrogen-bond donors (Lipinski definition) is 3. The molecule has 9 heteroatoms. The summed E-state index contributed by atoms with van der Waals surface area (Å²) in [4.78, 5) is 8.90. The third kappa shape index (κ3) is 3.06. The van der Waals surface area contributed by atoms with Crippen molar-refractivity contribution >= 4 is 22.5 Å². The lowest BCUT2D eigenvalue weighted by atomic mass is 10.1.